The molecule has 180 valence electrons. The molecule has 10 nitrogen and oxygen atoms in total. The van der Waals surface area contributed by atoms with Crippen LogP contribution in [0.3, 0.4) is 0 Å². The summed E-state index contributed by atoms with van der Waals surface area (Å²) in [6, 6.07) is 13.6. The second-order valence-electron chi connectivity index (χ2n) is 7.38. The Morgan fingerprint density at radius 2 is 1.88 bits per heavy atom. The molecule has 0 saturated carbocycles. The molecule has 2 aromatic rings. The van der Waals surface area contributed by atoms with Gasteiger partial charge in [0.25, 0.3) is 5.91 Å². The second-order valence-corrected chi connectivity index (χ2v) is 7.38. The predicted molar refractivity (Wildman–Crippen MR) is 126 cm³/mol. The molecule has 1 atom stereocenters. The van der Waals surface area contributed by atoms with Gasteiger partial charge >= 0.3 is 11.8 Å². The molecule has 1 fully saturated rings. The molecule has 1 aliphatic rings. The maximum Gasteiger partial charge on any atom is 0.329 e. The van der Waals surface area contributed by atoms with Gasteiger partial charge in [-0.25, -0.2) is 5.43 Å². The van der Waals surface area contributed by atoms with Crippen molar-refractivity contribution in [2.24, 2.45) is 5.10 Å². The smallest absolute Gasteiger partial charge is 0.329 e. The van der Waals surface area contributed by atoms with E-state index in [9.17, 15) is 14.4 Å². The molecule has 0 unspecified atom stereocenters. The zero-order valence-electron chi connectivity index (χ0n) is 18.9. The second kappa shape index (κ2) is 12.9. The molecule has 3 rings (SSSR count). The first-order valence-corrected chi connectivity index (χ1v) is 11.0. The summed E-state index contributed by atoms with van der Waals surface area (Å²) in [7, 11) is 0. The Balaban J connectivity index is 1.40. The van der Waals surface area contributed by atoms with Gasteiger partial charge in [0.05, 0.1) is 24.6 Å². The van der Waals surface area contributed by atoms with Crippen LogP contribution in [-0.4, -0.2) is 56.4 Å². The van der Waals surface area contributed by atoms with Crippen LogP contribution in [0.15, 0.2) is 53.6 Å². The van der Waals surface area contributed by atoms with Crippen LogP contribution < -0.4 is 25.5 Å². The van der Waals surface area contributed by atoms with Crippen molar-refractivity contribution in [1.29, 1.82) is 0 Å². The lowest BCUT2D eigenvalue weighted by molar-refractivity contribution is -0.136. The summed E-state index contributed by atoms with van der Waals surface area (Å²) in [6.45, 7) is 3.38. The van der Waals surface area contributed by atoms with Crippen molar-refractivity contribution >= 4 is 29.6 Å². The monoisotopic (exact) mass is 468 g/mol. The first kappa shape index (κ1) is 24.7. The van der Waals surface area contributed by atoms with Gasteiger partial charge in [-0.3, -0.25) is 14.4 Å². The quantitative estimate of drug-likeness (QED) is 0.277. The average molecular weight is 469 g/mol. The van der Waals surface area contributed by atoms with Gasteiger partial charge in [-0.2, -0.15) is 5.10 Å². The van der Waals surface area contributed by atoms with Gasteiger partial charge in [-0.1, -0.05) is 12.1 Å². The Morgan fingerprint density at radius 3 is 2.62 bits per heavy atom. The summed E-state index contributed by atoms with van der Waals surface area (Å²) in [5.74, 6) is -1.02. The first-order chi connectivity index (χ1) is 16.5. The SMILES string of the molecule is CCOc1ccccc1NC(=O)C(=O)N/N=C\c1ccc(OCC(=O)NC[C@@H]2CCCO2)cc1. The topological polar surface area (TPSA) is 127 Å². The van der Waals surface area contributed by atoms with Crippen molar-refractivity contribution in [2.45, 2.75) is 25.9 Å². The van der Waals surface area contributed by atoms with Gasteiger partial charge in [0.1, 0.15) is 11.5 Å². The Morgan fingerprint density at radius 1 is 1.09 bits per heavy atom. The molecule has 0 aromatic heterocycles. The standard InChI is InChI=1S/C24H28N4O6/c1-2-32-21-8-4-3-7-20(21)27-23(30)24(31)28-26-14-17-9-11-18(12-10-17)34-16-22(29)25-15-19-6-5-13-33-19/h3-4,7-12,14,19H,2,5-6,13,15-16H2,1H3,(H,25,29)(H,27,30)(H,28,31)/b26-14-/t19-/m0/s1. The highest BCUT2D eigenvalue weighted by Crippen LogP contribution is 2.23. The summed E-state index contributed by atoms with van der Waals surface area (Å²) in [6.07, 6.45) is 3.45. The molecule has 2 aromatic carbocycles. The summed E-state index contributed by atoms with van der Waals surface area (Å²) in [5, 5.41) is 9.08. The van der Waals surface area contributed by atoms with Crippen molar-refractivity contribution < 1.29 is 28.6 Å². The number of nitrogens with one attached hydrogen (secondary N) is 3. The Bertz CT molecular complexity index is 1000. The van der Waals surface area contributed by atoms with E-state index < -0.39 is 11.8 Å². The molecule has 3 amide bonds. The van der Waals surface area contributed by atoms with E-state index in [1.807, 2.05) is 6.92 Å². The zero-order chi connectivity index (χ0) is 24.2. The van der Waals surface area contributed by atoms with Crippen LogP contribution in [0.4, 0.5) is 5.69 Å². The third kappa shape index (κ3) is 7.89. The van der Waals surface area contributed by atoms with Crippen LogP contribution in [0.1, 0.15) is 25.3 Å². The predicted octanol–water partition coefficient (Wildman–Crippen LogP) is 1.85. The van der Waals surface area contributed by atoms with Crippen molar-refractivity contribution in [1.82, 2.24) is 10.7 Å². The summed E-state index contributed by atoms with van der Waals surface area (Å²) >= 11 is 0. The van der Waals surface area contributed by atoms with Crippen LogP contribution in [0, 0.1) is 0 Å². The normalized spacial score (nSPS) is 15.0. The van der Waals surface area contributed by atoms with Crippen LogP contribution in [0.5, 0.6) is 11.5 Å². The van der Waals surface area contributed by atoms with Gasteiger partial charge in [-0.15, -0.1) is 0 Å². The zero-order valence-corrected chi connectivity index (χ0v) is 18.9. The number of benzene rings is 2. The van der Waals surface area contributed by atoms with Gasteiger partial charge in [0, 0.05) is 13.2 Å². The number of hydrogen-bond donors (Lipinski definition) is 3. The molecule has 1 aliphatic heterocycles. The highest BCUT2D eigenvalue weighted by Gasteiger charge is 2.16. The molecule has 0 bridgehead atoms. The summed E-state index contributed by atoms with van der Waals surface area (Å²) < 4.78 is 16.3. The molecule has 1 heterocycles. The third-order valence-corrected chi connectivity index (χ3v) is 4.82. The van der Waals surface area contributed by atoms with Crippen LogP contribution in [0.2, 0.25) is 0 Å². The number of rotatable bonds is 10. The third-order valence-electron chi connectivity index (χ3n) is 4.82. The number of carbonyl (C=O) groups excluding carboxylic acids is 3. The minimum Gasteiger partial charge on any atom is -0.492 e. The Hall–Kier alpha value is -3.92. The molecule has 0 spiro atoms. The average Bonchev–Trinajstić information content (AvgIpc) is 3.37. The maximum atomic E-state index is 12.1. The summed E-state index contributed by atoms with van der Waals surface area (Å²) in [5.41, 5.74) is 3.24. The number of para-hydroxylation sites is 2. The van der Waals surface area contributed by atoms with E-state index in [-0.39, 0.29) is 18.6 Å². The van der Waals surface area contributed by atoms with Crippen LogP contribution >= 0.6 is 0 Å². The lowest BCUT2D eigenvalue weighted by atomic mass is 10.2. The van der Waals surface area contributed by atoms with Gasteiger partial charge in [0.2, 0.25) is 0 Å². The van der Waals surface area contributed by atoms with E-state index in [1.54, 1.807) is 48.5 Å². The van der Waals surface area contributed by atoms with E-state index in [0.29, 0.717) is 35.9 Å². The molecule has 0 aliphatic carbocycles. The number of hydrogen-bond acceptors (Lipinski definition) is 7. The van der Waals surface area contributed by atoms with Gasteiger partial charge in [-0.05, 0) is 61.7 Å². The van der Waals surface area contributed by atoms with E-state index in [2.05, 4.69) is 21.2 Å². The van der Waals surface area contributed by atoms with Gasteiger partial charge in [0.15, 0.2) is 6.61 Å². The molecule has 10 heteroatoms. The first-order valence-electron chi connectivity index (χ1n) is 11.0. The van der Waals surface area contributed by atoms with Gasteiger partial charge < -0.3 is 24.8 Å². The van der Waals surface area contributed by atoms with E-state index >= 15 is 0 Å². The van der Waals surface area contributed by atoms with Crippen molar-refractivity contribution in [2.75, 3.05) is 31.7 Å². The number of anilines is 1. The number of carbonyl (C=O) groups is 3. The lowest BCUT2D eigenvalue weighted by Crippen LogP contribution is -2.35. The Labute approximate surface area is 197 Å². The maximum absolute atomic E-state index is 12.1. The van der Waals surface area contributed by atoms with Crippen LogP contribution in [-0.2, 0) is 19.1 Å². The number of hydrazone groups is 1. The lowest BCUT2D eigenvalue weighted by Gasteiger charge is -2.11. The highest BCUT2D eigenvalue weighted by molar-refractivity contribution is 6.39. The number of amides is 3. The highest BCUT2D eigenvalue weighted by atomic mass is 16.5. The molecule has 1 saturated heterocycles. The number of nitrogens with zero attached hydrogens (tertiary/aromatic N) is 1. The van der Waals surface area contributed by atoms with E-state index in [0.717, 1.165) is 19.4 Å². The molecule has 34 heavy (non-hydrogen) atoms. The van der Waals surface area contributed by atoms with Crippen molar-refractivity contribution in [3.63, 3.8) is 0 Å². The molecule has 3 N–H and O–H groups in total. The summed E-state index contributed by atoms with van der Waals surface area (Å²) in [4.78, 5) is 36.0. The fourth-order valence-electron chi connectivity index (χ4n) is 3.13. The largest absolute Gasteiger partial charge is 0.492 e. The fraction of sp³-hybridized carbons (Fsp3) is 0.333. The number of ether oxygens (including phenoxy) is 3. The van der Waals surface area contributed by atoms with E-state index in [1.165, 1.54) is 6.21 Å². The Kier molecular flexibility index (Phi) is 9.41. The minimum atomic E-state index is -0.920. The fourth-order valence-corrected chi connectivity index (χ4v) is 3.13. The molecular weight excluding hydrogens is 440 g/mol. The molecular formula is C24H28N4O6. The minimum absolute atomic E-state index is 0.0833. The molecule has 0 radical (unpaired) electrons. The van der Waals surface area contributed by atoms with Crippen molar-refractivity contribution in [3.8, 4) is 11.5 Å². The van der Waals surface area contributed by atoms with Crippen LogP contribution in [0.25, 0.3) is 0 Å². The van der Waals surface area contributed by atoms with Crippen molar-refractivity contribution in [3.05, 3.63) is 54.1 Å². The van der Waals surface area contributed by atoms with E-state index in [4.69, 9.17) is 14.2 Å².